The second kappa shape index (κ2) is 8.02. The van der Waals surface area contributed by atoms with Gasteiger partial charge in [0.2, 0.25) is 11.9 Å². The molecule has 0 spiro atoms. The fraction of sp³-hybridized carbons (Fsp3) is 0.364. The molecule has 0 atom stereocenters. The van der Waals surface area contributed by atoms with Gasteiger partial charge in [-0.1, -0.05) is 31.4 Å². The van der Waals surface area contributed by atoms with Crippen LogP contribution in [0.15, 0.2) is 46.8 Å². The molecule has 1 amide bonds. The van der Waals surface area contributed by atoms with Crippen molar-refractivity contribution in [3.05, 3.63) is 52.4 Å². The molecule has 3 aromatic heterocycles. The summed E-state index contributed by atoms with van der Waals surface area (Å²) in [5, 5.41) is 5.45. The number of nitrogens with zero attached hydrogens (tertiary/aromatic N) is 4. The maximum absolute atomic E-state index is 12.7. The molecule has 0 saturated heterocycles. The van der Waals surface area contributed by atoms with Gasteiger partial charge in [0, 0.05) is 19.0 Å². The van der Waals surface area contributed by atoms with Crippen LogP contribution in [0.3, 0.4) is 0 Å². The third-order valence-corrected chi connectivity index (χ3v) is 6.64. The number of fused-ring (bicyclic) bond motifs is 2. The number of benzene rings is 1. The Bertz CT molecular complexity index is 1270. The van der Waals surface area contributed by atoms with Crippen LogP contribution in [0.1, 0.15) is 44.6 Å². The number of aryl methyl sites for hydroxylation is 1. The highest BCUT2D eigenvalue weighted by molar-refractivity contribution is 7.16. The van der Waals surface area contributed by atoms with Gasteiger partial charge in [-0.15, -0.1) is 11.3 Å². The Morgan fingerprint density at radius 2 is 2.00 bits per heavy atom. The van der Waals surface area contributed by atoms with Gasteiger partial charge >= 0.3 is 0 Å². The monoisotopic (exact) mass is 421 g/mol. The normalized spacial score (nSPS) is 15.1. The van der Waals surface area contributed by atoms with Crippen molar-refractivity contribution in [1.29, 1.82) is 0 Å². The van der Waals surface area contributed by atoms with Crippen LogP contribution >= 0.6 is 11.3 Å². The first kappa shape index (κ1) is 19.0. The smallest absolute Gasteiger partial charge is 0.262 e. The molecule has 1 aliphatic rings. The van der Waals surface area contributed by atoms with Crippen LogP contribution in [0.2, 0.25) is 0 Å². The maximum Gasteiger partial charge on any atom is 0.262 e. The van der Waals surface area contributed by atoms with Crippen molar-refractivity contribution in [2.24, 2.45) is 0 Å². The number of rotatable bonds is 5. The van der Waals surface area contributed by atoms with Crippen LogP contribution in [-0.2, 0) is 11.3 Å². The standard InChI is InChI=1S/C22H23N5O2S/c28-19(10-12-26-14-23-20-16(21(26)29)11-13-30-20)25-22-24-17-8-4-5-9-18(17)27(22)15-6-2-1-3-7-15/h4-5,8-9,11,13-15H,1-3,6-7,10,12H2,(H,24,25,28). The summed E-state index contributed by atoms with van der Waals surface area (Å²) in [6.07, 6.45) is 7.58. The van der Waals surface area contributed by atoms with Gasteiger partial charge in [-0.05, 0) is 36.4 Å². The minimum Gasteiger partial charge on any atom is -0.307 e. The highest BCUT2D eigenvalue weighted by Crippen LogP contribution is 2.34. The van der Waals surface area contributed by atoms with Crippen molar-refractivity contribution in [2.45, 2.75) is 51.1 Å². The number of para-hydroxylation sites is 2. The minimum absolute atomic E-state index is 0.108. The molecule has 3 heterocycles. The first-order valence-corrected chi connectivity index (χ1v) is 11.3. The molecule has 0 bridgehead atoms. The summed E-state index contributed by atoms with van der Waals surface area (Å²) in [5.41, 5.74) is 1.84. The molecule has 4 aromatic rings. The topological polar surface area (TPSA) is 81.8 Å². The van der Waals surface area contributed by atoms with Crippen LogP contribution in [0.4, 0.5) is 5.95 Å². The molecular weight excluding hydrogens is 398 g/mol. The molecule has 1 saturated carbocycles. The number of hydrogen-bond donors (Lipinski definition) is 1. The largest absolute Gasteiger partial charge is 0.307 e. The van der Waals surface area contributed by atoms with Crippen molar-refractivity contribution in [1.82, 2.24) is 19.1 Å². The lowest BCUT2D eigenvalue weighted by Gasteiger charge is -2.25. The Balaban J connectivity index is 1.36. The van der Waals surface area contributed by atoms with E-state index < -0.39 is 0 Å². The fourth-order valence-electron chi connectivity index (χ4n) is 4.30. The number of nitrogens with one attached hydrogen (secondary N) is 1. The Morgan fingerprint density at radius 1 is 1.17 bits per heavy atom. The van der Waals surface area contributed by atoms with Crippen LogP contribution in [0, 0.1) is 0 Å². The molecule has 1 aliphatic carbocycles. The quantitative estimate of drug-likeness (QED) is 0.520. The number of carbonyl (C=O) groups excluding carboxylic acids is 1. The summed E-state index contributed by atoms with van der Waals surface area (Å²) in [4.78, 5) is 35.0. The third kappa shape index (κ3) is 3.52. The van der Waals surface area contributed by atoms with E-state index in [4.69, 9.17) is 0 Å². The van der Waals surface area contributed by atoms with E-state index in [9.17, 15) is 9.59 Å². The Kier molecular flexibility index (Phi) is 5.08. The SMILES string of the molecule is O=C(CCn1cnc2sccc2c1=O)Nc1nc2ccccc2n1C1CCCCC1. The first-order valence-electron chi connectivity index (χ1n) is 10.4. The highest BCUT2D eigenvalue weighted by atomic mass is 32.1. The lowest BCUT2D eigenvalue weighted by atomic mass is 9.95. The predicted octanol–water partition coefficient (Wildman–Crippen LogP) is 4.34. The third-order valence-electron chi connectivity index (χ3n) is 5.82. The molecule has 0 unspecified atom stereocenters. The van der Waals surface area contributed by atoms with E-state index in [1.807, 2.05) is 23.6 Å². The molecule has 154 valence electrons. The average Bonchev–Trinajstić information content (AvgIpc) is 3.38. The summed E-state index contributed by atoms with van der Waals surface area (Å²) in [6, 6.07) is 10.1. The van der Waals surface area contributed by atoms with E-state index in [1.165, 1.54) is 41.5 Å². The van der Waals surface area contributed by atoms with E-state index in [2.05, 4.69) is 25.9 Å². The van der Waals surface area contributed by atoms with Crippen LogP contribution < -0.4 is 10.9 Å². The predicted molar refractivity (Wildman–Crippen MR) is 119 cm³/mol. The van der Waals surface area contributed by atoms with Gasteiger partial charge in [-0.3, -0.25) is 19.5 Å². The van der Waals surface area contributed by atoms with Crippen LogP contribution in [0.5, 0.6) is 0 Å². The number of imidazole rings is 1. The van der Waals surface area contributed by atoms with E-state index in [0.29, 0.717) is 17.4 Å². The summed E-state index contributed by atoms with van der Waals surface area (Å²) in [5.74, 6) is 0.450. The molecule has 1 N–H and O–H groups in total. The number of amides is 1. The van der Waals surface area contributed by atoms with Crippen molar-refractivity contribution < 1.29 is 4.79 Å². The molecular formula is C22H23N5O2S. The zero-order valence-electron chi connectivity index (χ0n) is 16.6. The lowest BCUT2D eigenvalue weighted by Crippen LogP contribution is -2.24. The Labute approximate surface area is 177 Å². The van der Waals surface area contributed by atoms with Gasteiger partial charge in [-0.2, -0.15) is 0 Å². The van der Waals surface area contributed by atoms with Gasteiger partial charge in [-0.25, -0.2) is 9.97 Å². The summed E-state index contributed by atoms with van der Waals surface area (Å²) in [7, 11) is 0. The number of carbonyl (C=O) groups is 1. The Morgan fingerprint density at radius 3 is 2.87 bits per heavy atom. The molecule has 8 heteroatoms. The number of aromatic nitrogens is 4. The van der Waals surface area contributed by atoms with E-state index in [0.717, 1.165) is 28.7 Å². The average molecular weight is 422 g/mol. The highest BCUT2D eigenvalue weighted by Gasteiger charge is 2.22. The van der Waals surface area contributed by atoms with E-state index in [1.54, 1.807) is 6.07 Å². The van der Waals surface area contributed by atoms with Crippen molar-refractivity contribution in [2.75, 3.05) is 5.32 Å². The number of hydrogen-bond acceptors (Lipinski definition) is 5. The minimum atomic E-state index is -0.153. The van der Waals surface area contributed by atoms with E-state index >= 15 is 0 Å². The first-order chi connectivity index (χ1) is 14.7. The van der Waals surface area contributed by atoms with E-state index in [-0.39, 0.29) is 24.4 Å². The van der Waals surface area contributed by atoms with Crippen molar-refractivity contribution >= 4 is 44.4 Å². The molecule has 1 aromatic carbocycles. The molecule has 0 radical (unpaired) electrons. The zero-order valence-corrected chi connectivity index (χ0v) is 17.4. The van der Waals surface area contributed by atoms with Crippen molar-refractivity contribution in [3.8, 4) is 0 Å². The van der Waals surface area contributed by atoms with Crippen molar-refractivity contribution in [3.63, 3.8) is 0 Å². The molecule has 5 rings (SSSR count). The summed E-state index contributed by atoms with van der Waals surface area (Å²) >= 11 is 1.44. The Hall–Kier alpha value is -3.00. The fourth-order valence-corrected chi connectivity index (χ4v) is 5.03. The molecule has 30 heavy (non-hydrogen) atoms. The summed E-state index contributed by atoms with van der Waals surface area (Å²) in [6.45, 7) is 0.285. The second-order valence-corrected chi connectivity index (χ2v) is 8.66. The lowest BCUT2D eigenvalue weighted by molar-refractivity contribution is -0.116. The van der Waals surface area contributed by atoms with Crippen LogP contribution in [-0.4, -0.2) is 25.0 Å². The summed E-state index contributed by atoms with van der Waals surface area (Å²) < 4.78 is 3.69. The molecule has 1 fully saturated rings. The van der Waals surface area contributed by atoms with Crippen LogP contribution in [0.25, 0.3) is 21.3 Å². The maximum atomic E-state index is 12.7. The van der Waals surface area contributed by atoms with Gasteiger partial charge in [0.25, 0.3) is 5.56 Å². The van der Waals surface area contributed by atoms with Gasteiger partial charge in [0.15, 0.2) is 0 Å². The number of anilines is 1. The van der Waals surface area contributed by atoms with Gasteiger partial charge < -0.3 is 4.57 Å². The number of thiophene rings is 1. The van der Waals surface area contributed by atoms with Gasteiger partial charge in [0.1, 0.15) is 4.83 Å². The molecule has 7 nitrogen and oxygen atoms in total. The second-order valence-electron chi connectivity index (χ2n) is 7.77. The zero-order chi connectivity index (χ0) is 20.5. The van der Waals surface area contributed by atoms with Gasteiger partial charge in [0.05, 0.1) is 22.7 Å². The molecule has 0 aliphatic heterocycles.